The van der Waals surface area contributed by atoms with Crippen LogP contribution in [-0.4, -0.2) is 42.1 Å². The van der Waals surface area contributed by atoms with Crippen molar-refractivity contribution in [3.05, 3.63) is 28.6 Å². The van der Waals surface area contributed by atoms with Gasteiger partial charge >= 0.3 is 5.97 Å². The SMILES string of the molecule is COc1ccc2sc(C(=O)N3CCC(C(=O)O)(C(C)C)C3)c(C)c2c1. The van der Waals surface area contributed by atoms with Gasteiger partial charge in [0.05, 0.1) is 17.4 Å². The first-order chi connectivity index (χ1) is 11.8. The van der Waals surface area contributed by atoms with Crippen LogP contribution in [0, 0.1) is 18.3 Å². The van der Waals surface area contributed by atoms with Crippen LogP contribution in [-0.2, 0) is 4.79 Å². The van der Waals surface area contributed by atoms with Crippen molar-refractivity contribution < 1.29 is 19.4 Å². The van der Waals surface area contributed by atoms with Crippen molar-refractivity contribution in [2.45, 2.75) is 27.2 Å². The van der Waals surface area contributed by atoms with Gasteiger partial charge in [0.25, 0.3) is 5.91 Å². The Morgan fingerprint density at radius 3 is 2.64 bits per heavy atom. The maximum atomic E-state index is 13.0. The molecule has 0 radical (unpaired) electrons. The molecule has 25 heavy (non-hydrogen) atoms. The van der Waals surface area contributed by atoms with Crippen molar-refractivity contribution in [1.82, 2.24) is 4.90 Å². The van der Waals surface area contributed by atoms with Crippen LogP contribution in [0.25, 0.3) is 10.1 Å². The van der Waals surface area contributed by atoms with E-state index in [1.807, 2.05) is 39.0 Å². The van der Waals surface area contributed by atoms with E-state index < -0.39 is 11.4 Å². The number of fused-ring (bicyclic) bond motifs is 1. The lowest BCUT2D eigenvalue weighted by Crippen LogP contribution is -2.40. The minimum atomic E-state index is -0.844. The minimum absolute atomic E-state index is 0.0180. The molecule has 1 saturated heterocycles. The number of methoxy groups -OCH3 is 1. The fraction of sp³-hybridized carbons (Fsp3) is 0.474. The van der Waals surface area contributed by atoms with Gasteiger partial charge in [-0.2, -0.15) is 0 Å². The number of rotatable bonds is 4. The molecule has 6 heteroatoms. The molecule has 1 atom stereocenters. The second-order valence-corrected chi connectivity index (χ2v) is 8.06. The highest BCUT2D eigenvalue weighted by molar-refractivity contribution is 7.21. The Kier molecular flexibility index (Phi) is 4.49. The average Bonchev–Trinajstić information content (AvgIpc) is 3.17. The van der Waals surface area contributed by atoms with Gasteiger partial charge in [0.15, 0.2) is 0 Å². The van der Waals surface area contributed by atoms with Crippen LogP contribution < -0.4 is 4.74 Å². The number of carbonyl (C=O) groups is 2. The number of carboxylic acid groups (broad SMARTS) is 1. The smallest absolute Gasteiger partial charge is 0.311 e. The molecule has 1 aromatic carbocycles. The highest BCUT2D eigenvalue weighted by Gasteiger charge is 2.48. The van der Waals surface area contributed by atoms with E-state index in [0.29, 0.717) is 17.8 Å². The first kappa shape index (κ1) is 17.7. The van der Waals surface area contributed by atoms with Crippen molar-refractivity contribution in [2.75, 3.05) is 20.2 Å². The number of hydrogen-bond acceptors (Lipinski definition) is 4. The summed E-state index contributed by atoms with van der Waals surface area (Å²) < 4.78 is 6.31. The number of aliphatic carboxylic acids is 1. The van der Waals surface area contributed by atoms with Crippen molar-refractivity contribution in [3.8, 4) is 5.75 Å². The van der Waals surface area contributed by atoms with Crippen molar-refractivity contribution in [2.24, 2.45) is 11.3 Å². The van der Waals surface area contributed by atoms with Crippen molar-refractivity contribution in [1.29, 1.82) is 0 Å². The molecule has 0 spiro atoms. The Balaban J connectivity index is 1.93. The van der Waals surface area contributed by atoms with Gasteiger partial charge in [-0.05, 0) is 48.4 Å². The standard InChI is InChI=1S/C19H23NO4S/c1-11(2)19(18(22)23)7-8-20(10-19)17(21)16-12(3)14-9-13(24-4)5-6-15(14)25-16/h5-6,9,11H,7-8,10H2,1-4H3,(H,22,23). The molecule has 1 aromatic heterocycles. The molecule has 0 bridgehead atoms. The van der Waals surface area contributed by atoms with E-state index >= 15 is 0 Å². The molecule has 1 amide bonds. The van der Waals surface area contributed by atoms with Crippen LogP contribution in [0.4, 0.5) is 0 Å². The molecular formula is C19H23NO4S. The number of ether oxygens (including phenoxy) is 1. The monoisotopic (exact) mass is 361 g/mol. The van der Waals surface area contributed by atoms with Gasteiger partial charge in [-0.15, -0.1) is 11.3 Å². The fourth-order valence-electron chi connectivity index (χ4n) is 3.57. The number of aryl methyl sites for hydroxylation is 1. The number of likely N-dealkylation sites (tertiary alicyclic amines) is 1. The molecule has 0 aliphatic carbocycles. The van der Waals surface area contributed by atoms with Gasteiger partial charge in [-0.1, -0.05) is 13.8 Å². The van der Waals surface area contributed by atoms with Gasteiger partial charge in [-0.3, -0.25) is 9.59 Å². The predicted octanol–water partition coefficient (Wildman–Crippen LogP) is 3.79. The van der Waals surface area contributed by atoms with Crippen LogP contribution in [0.3, 0.4) is 0 Å². The number of hydrogen-bond donors (Lipinski definition) is 1. The molecule has 1 aliphatic rings. The Labute approximate surface area is 151 Å². The first-order valence-electron chi connectivity index (χ1n) is 8.40. The second kappa shape index (κ2) is 6.33. The summed E-state index contributed by atoms with van der Waals surface area (Å²) in [5.41, 5.74) is 0.0880. The molecular weight excluding hydrogens is 338 g/mol. The van der Waals surface area contributed by atoms with Crippen LogP contribution in [0.5, 0.6) is 5.75 Å². The number of thiophene rings is 1. The van der Waals surface area contributed by atoms with Crippen molar-refractivity contribution >= 4 is 33.3 Å². The van der Waals surface area contributed by atoms with Gasteiger partial charge in [-0.25, -0.2) is 0 Å². The fourth-order valence-corrected chi connectivity index (χ4v) is 4.73. The molecule has 0 saturated carbocycles. The zero-order valence-electron chi connectivity index (χ0n) is 15.0. The van der Waals surface area contributed by atoms with E-state index in [1.165, 1.54) is 11.3 Å². The number of nitrogens with zero attached hydrogens (tertiary/aromatic N) is 1. The van der Waals surface area contributed by atoms with Gasteiger partial charge < -0.3 is 14.7 Å². The van der Waals surface area contributed by atoms with E-state index in [-0.39, 0.29) is 18.4 Å². The number of amides is 1. The zero-order chi connectivity index (χ0) is 18.4. The maximum absolute atomic E-state index is 13.0. The van der Waals surface area contributed by atoms with E-state index in [1.54, 1.807) is 12.0 Å². The molecule has 1 aliphatic heterocycles. The molecule has 1 N–H and O–H groups in total. The molecule has 3 rings (SSSR count). The molecule has 134 valence electrons. The summed E-state index contributed by atoms with van der Waals surface area (Å²) in [5.74, 6) is -0.133. The largest absolute Gasteiger partial charge is 0.497 e. The first-order valence-corrected chi connectivity index (χ1v) is 9.21. The molecule has 2 heterocycles. The highest BCUT2D eigenvalue weighted by atomic mass is 32.1. The highest BCUT2D eigenvalue weighted by Crippen LogP contribution is 2.40. The molecule has 1 fully saturated rings. The number of carbonyl (C=O) groups excluding carboxylic acids is 1. The van der Waals surface area contributed by atoms with Crippen LogP contribution in [0.1, 0.15) is 35.5 Å². The maximum Gasteiger partial charge on any atom is 0.311 e. The van der Waals surface area contributed by atoms with Crippen LogP contribution in [0.2, 0.25) is 0 Å². The lowest BCUT2D eigenvalue weighted by Gasteiger charge is -2.28. The second-order valence-electron chi connectivity index (χ2n) is 7.01. The topological polar surface area (TPSA) is 66.8 Å². The Bertz CT molecular complexity index is 841. The van der Waals surface area contributed by atoms with E-state index in [0.717, 1.165) is 21.4 Å². The van der Waals surface area contributed by atoms with E-state index in [9.17, 15) is 14.7 Å². The van der Waals surface area contributed by atoms with Crippen LogP contribution >= 0.6 is 11.3 Å². The third-order valence-electron chi connectivity index (χ3n) is 5.46. The number of carboxylic acids is 1. The Morgan fingerprint density at radius 2 is 2.08 bits per heavy atom. The summed E-state index contributed by atoms with van der Waals surface area (Å²) in [6.07, 6.45) is 0.503. The van der Waals surface area contributed by atoms with Crippen LogP contribution in [0.15, 0.2) is 18.2 Å². The molecule has 1 unspecified atom stereocenters. The Morgan fingerprint density at radius 1 is 1.36 bits per heavy atom. The zero-order valence-corrected chi connectivity index (χ0v) is 15.8. The molecule has 2 aromatic rings. The van der Waals surface area contributed by atoms with Crippen molar-refractivity contribution in [3.63, 3.8) is 0 Å². The average molecular weight is 361 g/mol. The summed E-state index contributed by atoms with van der Waals surface area (Å²) >= 11 is 1.46. The minimum Gasteiger partial charge on any atom is -0.497 e. The summed E-state index contributed by atoms with van der Waals surface area (Å²) in [7, 11) is 1.62. The third kappa shape index (κ3) is 2.78. The van der Waals surface area contributed by atoms with Gasteiger partial charge in [0.1, 0.15) is 5.75 Å². The lowest BCUT2D eigenvalue weighted by molar-refractivity contribution is -0.150. The normalized spacial score (nSPS) is 20.4. The quantitative estimate of drug-likeness (QED) is 0.900. The van der Waals surface area contributed by atoms with Gasteiger partial charge in [0.2, 0.25) is 0 Å². The third-order valence-corrected chi connectivity index (χ3v) is 6.72. The van der Waals surface area contributed by atoms with Gasteiger partial charge in [0, 0.05) is 17.8 Å². The summed E-state index contributed by atoms with van der Waals surface area (Å²) in [6, 6.07) is 5.79. The Hall–Kier alpha value is -2.08. The summed E-state index contributed by atoms with van der Waals surface area (Å²) in [5, 5.41) is 10.7. The summed E-state index contributed by atoms with van der Waals surface area (Å²) in [4.78, 5) is 27.2. The van der Waals surface area contributed by atoms with E-state index in [2.05, 4.69) is 0 Å². The number of benzene rings is 1. The lowest BCUT2D eigenvalue weighted by atomic mass is 9.76. The molecule has 5 nitrogen and oxygen atoms in total. The van der Waals surface area contributed by atoms with E-state index in [4.69, 9.17) is 4.74 Å². The summed E-state index contributed by atoms with van der Waals surface area (Å²) in [6.45, 7) is 6.53. The predicted molar refractivity (Wildman–Crippen MR) is 98.5 cm³/mol.